The summed E-state index contributed by atoms with van der Waals surface area (Å²) in [4.78, 5) is 0. The fraction of sp³-hybridized carbons (Fsp3) is 0.100. The molecule has 0 radical (unpaired) electrons. The van der Waals surface area contributed by atoms with E-state index >= 15 is 0 Å². The van der Waals surface area contributed by atoms with Crippen LogP contribution in [0.2, 0.25) is 0 Å². The SMILES string of the molecule is O/N=C/c1ccc[n+](Cc2ccccc2C[n+]2cccc(/C=N/O)c2)c1. The molecule has 26 heavy (non-hydrogen) atoms. The van der Waals surface area contributed by atoms with Crippen molar-refractivity contribution in [2.75, 3.05) is 0 Å². The first kappa shape index (κ1) is 17.3. The molecule has 0 amide bonds. The lowest BCUT2D eigenvalue weighted by Crippen LogP contribution is -2.37. The van der Waals surface area contributed by atoms with Crippen molar-refractivity contribution in [3.8, 4) is 0 Å². The van der Waals surface area contributed by atoms with Gasteiger partial charge in [0.2, 0.25) is 0 Å². The summed E-state index contributed by atoms with van der Waals surface area (Å²) in [6.07, 6.45) is 10.6. The van der Waals surface area contributed by atoms with E-state index < -0.39 is 0 Å². The van der Waals surface area contributed by atoms with Gasteiger partial charge in [0.25, 0.3) is 0 Å². The van der Waals surface area contributed by atoms with Crippen LogP contribution in [0.3, 0.4) is 0 Å². The molecular weight excluding hydrogens is 328 g/mol. The van der Waals surface area contributed by atoms with Crippen LogP contribution in [0.15, 0.2) is 83.6 Å². The van der Waals surface area contributed by atoms with Crippen molar-refractivity contribution in [1.82, 2.24) is 0 Å². The summed E-state index contributed by atoms with van der Waals surface area (Å²) in [5, 5.41) is 23.6. The Labute approximate surface area is 151 Å². The molecular formula is C20H20N4O2+2. The average molecular weight is 348 g/mol. The highest BCUT2D eigenvalue weighted by Gasteiger charge is 2.12. The van der Waals surface area contributed by atoms with Crippen LogP contribution in [-0.4, -0.2) is 22.8 Å². The van der Waals surface area contributed by atoms with Crippen molar-refractivity contribution >= 4 is 12.4 Å². The maximum atomic E-state index is 8.70. The Kier molecular flexibility index (Phi) is 5.67. The molecule has 0 aliphatic carbocycles. The van der Waals surface area contributed by atoms with E-state index in [1.54, 1.807) is 0 Å². The third-order valence-corrected chi connectivity index (χ3v) is 4.00. The first-order valence-corrected chi connectivity index (χ1v) is 8.18. The number of hydrogen-bond donors (Lipinski definition) is 2. The third-order valence-electron chi connectivity index (χ3n) is 4.00. The van der Waals surface area contributed by atoms with Gasteiger partial charge in [0.1, 0.15) is 0 Å². The molecule has 0 atom stereocenters. The average Bonchev–Trinajstić information content (AvgIpc) is 2.65. The zero-order chi connectivity index (χ0) is 18.2. The van der Waals surface area contributed by atoms with Crippen molar-refractivity contribution in [3.63, 3.8) is 0 Å². The summed E-state index contributed by atoms with van der Waals surface area (Å²) < 4.78 is 4.10. The molecule has 6 heteroatoms. The van der Waals surface area contributed by atoms with E-state index in [0.29, 0.717) is 13.1 Å². The molecule has 0 bridgehead atoms. The van der Waals surface area contributed by atoms with E-state index in [9.17, 15) is 0 Å². The standard InChI is InChI=1S/C20H18N4O2/c25-21-11-17-5-3-9-23(13-17)15-19-7-1-2-8-20(19)16-24-10-4-6-18(14-24)12-22-26/h1-14H,15-16H2/p+2/b21-11+,22-12+. The van der Waals surface area contributed by atoms with Crippen LogP contribution in [0.5, 0.6) is 0 Å². The van der Waals surface area contributed by atoms with E-state index in [4.69, 9.17) is 10.4 Å². The van der Waals surface area contributed by atoms with Crippen molar-refractivity contribution in [2.45, 2.75) is 13.1 Å². The monoisotopic (exact) mass is 348 g/mol. The first-order chi connectivity index (χ1) is 12.8. The van der Waals surface area contributed by atoms with E-state index in [1.165, 1.54) is 23.6 Å². The van der Waals surface area contributed by atoms with Gasteiger partial charge in [0.05, 0.1) is 23.6 Å². The molecule has 130 valence electrons. The number of pyridine rings is 2. The van der Waals surface area contributed by atoms with Gasteiger partial charge in [-0.25, -0.2) is 9.13 Å². The molecule has 2 aromatic heterocycles. The fourth-order valence-electron chi connectivity index (χ4n) is 2.83. The second-order valence-electron chi connectivity index (χ2n) is 5.88. The zero-order valence-electron chi connectivity index (χ0n) is 14.2. The summed E-state index contributed by atoms with van der Waals surface area (Å²) in [7, 11) is 0. The molecule has 6 nitrogen and oxygen atoms in total. The number of rotatable bonds is 6. The molecule has 2 heterocycles. The second-order valence-corrected chi connectivity index (χ2v) is 5.88. The minimum absolute atomic E-state index is 0.710. The van der Waals surface area contributed by atoms with Gasteiger partial charge in [-0.1, -0.05) is 34.6 Å². The van der Waals surface area contributed by atoms with E-state index in [2.05, 4.69) is 31.6 Å². The maximum Gasteiger partial charge on any atom is 0.178 e. The van der Waals surface area contributed by atoms with Gasteiger partial charge in [-0.15, -0.1) is 0 Å². The van der Waals surface area contributed by atoms with Crippen LogP contribution < -0.4 is 9.13 Å². The Morgan fingerprint density at radius 2 is 1.15 bits per heavy atom. The lowest BCUT2D eigenvalue weighted by atomic mass is 10.1. The normalized spacial score (nSPS) is 11.4. The van der Waals surface area contributed by atoms with Crippen molar-refractivity contribution in [1.29, 1.82) is 0 Å². The molecule has 3 rings (SSSR count). The zero-order valence-corrected chi connectivity index (χ0v) is 14.2. The van der Waals surface area contributed by atoms with Crippen LogP contribution in [0.4, 0.5) is 0 Å². The smallest absolute Gasteiger partial charge is 0.178 e. The van der Waals surface area contributed by atoms with Crippen LogP contribution in [0.25, 0.3) is 0 Å². The minimum Gasteiger partial charge on any atom is -0.411 e. The topological polar surface area (TPSA) is 72.9 Å². The Bertz CT molecular complexity index is 862. The Hall–Kier alpha value is -3.54. The third kappa shape index (κ3) is 4.51. The molecule has 0 fully saturated rings. The van der Waals surface area contributed by atoms with Crippen LogP contribution >= 0.6 is 0 Å². The first-order valence-electron chi connectivity index (χ1n) is 8.18. The summed E-state index contributed by atoms with van der Waals surface area (Å²) in [5.41, 5.74) is 4.06. The molecule has 1 aromatic carbocycles. The van der Waals surface area contributed by atoms with Crippen LogP contribution in [0, 0.1) is 0 Å². The molecule has 0 saturated heterocycles. The van der Waals surface area contributed by atoms with Gasteiger partial charge in [-0.3, -0.25) is 0 Å². The highest BCUT2D eigenvalue weighted by Crippen LogP contribution is 2.08. The van der Waals surface area contributed by atoms with E-state index in [1.807, 2.05) is 61.2 Å². The number of hydrogen-bond acceptors (Lipinski definition) is 4. The van der Waals surface area contributed by atoms with Crippen molar-refractivity contribution in [2.24, 2.45) is 10.3 Å². The highest BCUT2D eigenvalue weighted by atomic mass is 16.4. The molecule has 0 aliphatic rings. The summed E-state index contributed by atoms with van der Waals surface area (Å²) in [6, 6.07) is 15.9. The maximum absolute atomic E-state index is 8.70. The number of nitrogens with zero attached hydrogens (tertiary/aromatic N) is 4. The van der Waals surface area contributed by atoms with Crippen molar-refractivity contribution < 1.29 is 19.5 Å². The predicted molar refractivity (Wildman–Crippen MR) is 96.7 cm³/mol. The Balaban J connectivity index is 1.84. The Morgan fingerprint density at radius 1 is 0.692 bits per heavy atom. The molecule has 3 aromatic rings. The highest BCUT2D eigenvalue weighted by molar-refractivity contribution is 5.78. The largest absolute Gasteiger partial charge is 0.411 e. The van der Waals surface area contributed by atoms with E-state index in [-0.39, 0.29) is 0 Å². The molecule has 0 aliphatic heterocycles. The van der Waals surface area contributed by atoms with Gasteiger partial charge in [-0.2, -0.15) is 0 Å². The van der Waals surface area contributed by atoms with Gasteiger partial charge >= 0.3 is 0 Å². The predicted octanol–water partition coefficient (Wildman–Crippen LogP) is 1.97. The fourth-order valence-corrected chi connectivity index (χ4v) is 2.83. The van der Waals surface area contributed by atoms with Crippen molar-refractivity contribution in [3.05, 3.63) is 95.6 Å². The van der Waals surface area contributed by atoms with Gasteiger partial charge in [-0.05, 0) is 12.1 Å². The van der Waals surface area contributed by atoms with Gasteiger partial charge < -0.3 is 10.4 Å². The summed E-state index contributed by atoms with van der Waals surface area (Å²) in [5.74, 6) is 0. The van der Waals surface area contributed by atoms with Crippen LogP contribution in [0.1, 0.15) is 22.3 Å². The summed E-state index contributed by atoms with van der Waals surface area (Å²) >= 11 is 0. The number of oxime groups is 2. The summed E-state index contributed by atoms with van der Waals surface area (Å²) in [6.45, 7) is 1.42. The minimum atomic E-state index is 0.710. The van der Waals surface area contributed by atoms with Gasteiger partial charge in [0.15, 0.2) is 37.9 Å². The van der Waals surface area contributed by atoms with Gasteiger partial charge in [0, 0.05) is 23.3 Å². The lowest BCUT2D eigenvalue weighted by molar-refractivity contribution is -0.693. The quantitative estimate of drug-likeness (QED) is 0.309. The molecule has 0 saturated carbocycles. The Morgan fingerprint density at radius 3 is 1.58 bits per heavy atom. The number of benzene rings is 1. The lowest BCUT2D eigenvalue weighted by Gasteiger charge is -2.05. The second kappa shape index (κ2) is 8.53. The van der Waals surface area contributed by atoms with E-state index in [0.717, 1.165) is 11.1 Å². The molecule has 0 unspecified atom stereocenters. The molecule has 0 spiro atoms. The van der Waals surface area contributed by atoms with Crippen LogP contribution in [-0.2, 0) is 13.1 Å². The molecule has 2 N–H and O–H groups in total. The number of aromatic nitrogens is 2.